The number of carbonyl (C=O) groups is 1. The van der Waals surface area contributed by atoms with Crippen molar-refractivity contribution in [2.45, 2.75) is 6.92 Å². The standard InChI is InChI=1S/C18H18N4O2/c1-11-6-12(4-5-15(11)18(23)24-3)16-7-13(8-20-17(16)19)14-9-21-22(2)10-14/h4-10H,1-3H3,(H2,19,20). The number of pyridine rings is 1. The summed E-state index contributed by atoms with van der Waals surface area (Å²) >= 11 is 0. The van der Waals surface area contributed by atoms with Gasteiger partial charge in [-0.3, -0.25) is 4.68 Å². The van der Waals surface area contributed by atoms with Gasteiger partial charge in [0.25, 0.3) is 0 Å². The van der Waals surface area contributed by atoms with Gasteiger partial charge in [-0.2, -0.15) is 5.10 Å². The van der Waals surface area contributed by atoms with Crippen molar-refractivity contribution in [1.29, 1.82) is 0 Å². The number of aryl methyl sites for hydroxylation is 2. The number of nitrogens with zero attached hydrogens (tertiary/aromatic N) is 3. The van der Waals surface area contributed by atoms with Gasteiger partial charge in [-0.25, -0.2) is 9.78 Å². The monoisotopic (exact) mass is 322 g/mol. The molecule has 6 heteroatoms. The van der Waals surface area contributed by atoms with E-state index in [2.05, 4.69) is 10.1 Å². The molecular weight excluding hydrogens is 304 g/mol. The average molecular weight is 322 g/mol. The smallest absolute Gasteiger partial charge is 0.338 e. The van der Waals surface area contributed by atoms with Crippen LogP contribution in [0.3, 0.4) is 0 Å². The van der Waals surface area contributed by atoms with Crippen LogP contribution in [0.4, 0.5) is 5.82 Å². The van der Waals surface area contributed by atoms with Crippen molar-refractivity contribution in [2.75, 3.05) is 12.8 Å². The first kappa shape index (κ1) is 15.7. The molecule has 1 aromatic carbocycles. The molecule has 0 fully saturated rings. The first-order valence-corrected chi connectivity index (χ1v) is 7.43. The van der Waals surface area contributed by atoms with Gasteiger partial charge in [0.05, 0.1) is 18.9 Å². The Labute approximate surface area is 139 Å². The van der Waals surface area contributed by atoms with Crippen LogP contribution in [0.25, 0.3) is 22.3 Å². The molecule has 0 saturated carbocycles. The third-order valence-corrected chi connectivity index (χ3v) is 3.90. The minimum atomic E-state index is -0.353. The normalized spacial score (nSPS) is 10.6. The summed E-state index contributed by atoms with van der Waals surface area (Å²) in [6.45, 7) is 1.87. The highest BCUT2D eigenvalue weighted by atomic mass is 16.5. The summed E-state index contributed by atoms with van der Waals surface area (Å²) < 4.78 is 6.52. The molecule has 0 amide bonds. The Kier molecular flexibility index (Phi) is 4.04. The molecule has 3 rings (SSSR count). The number of carbonyl (C=O) groups excluding carboxylic acids is 1. The molecule has 0 unspecified atom stereocenters. The lowest BCUT2D eigenvalue weighted by molar-refractivity contribution is 0.0600. The van der Waals surface area contributed by atoms with Crippen molar-refractivity contribution in [2.24, 2.45) is 7.05 Å². The van der Waals surface area contributed by atoms with E-state index >= 15 is 0 Å². The molecular formula is C18H18N4O2. The number of aromatic nitrogens is 3. The molecule has 24 heavy (non-hydrogen) atoms. The third-order valence-electron chi connectivity index (χ3n) is 3.90. The molecule has 0 aliphatic heterocycles. The molecule has 0 radical (unpaired) electrons. The molecule has 3 aromatic rings. The highest BCUT2D eigenvalue weighted by Gasteiger charge is 2.13. The molecule has 122 valence electrons. The van der Waals surface area contributed by atoms with Gasteiger partial charge in [-0.15, -0.1) is 0 Å². The Morgan fingerprint density at radius 1 is 1.17 bits per heavy atom. The van der Waals surface area contributed by atoms with Gasteiger partial charge in [0, 0.05) is 36.1 Å². The van der Waals surface area contributed by atoms with Crippen molar-refractivity contribution in [3.05, 3.63) is 54.0 Å². The van der Waals surface area contributed by atoms with E-state index in [-0.39, 0.29) is 5.97 Å². The number of hydrogen-bond acceptors (Lipinski definition) is 5. The molecule has 0 atom stereocenters. The second-order valence-corrected chi connectivity index (χ2v) is 5.58. The summed E-state index contributed by atoms with van der Waals surface area (Å²) in [5.41, 5.74) is 11.0. The molecule has 0 bridgehead atoms. The van der Waals surface area contributed by atoms with Gasteiger partial charge < -0.3 is 10.5 Å². The number of nitrogen functional groups attached to an aromatic ring is 1. The number of methoxy groups -OCH3 is 1. The largest absolute Gasteiger partial charge is 0.465 e. The quantitative estimate of drug-likeness (QED) is 0.750. The van der Waals surface area contributed by atoms with Crippen LogP contribution in [0.1, 0.15) is 15.9 Å². The number of anilines is 1. The Bertz CT molecular complexity index is 915. The molecule has 2 N–H and O–H groups in total. The molecule has 0 aliphatic rings. The van der Waals surface area contributed by atoms with E-state index in [0.29, 0.717) is 11.4 Å². The van der Waals surface area contributed by atoms with Crippen molar-refractivity contribution in [1.82, 2.24) is 14.8 Å². The maximum absolute atomic E-state index is 11.7. The maximum Gasteiger partial charge on any atom is 0.338 e. The zero-order chi connectivity index (χ0) is 17.3. The summed E-state index contributed by atoms with van der Waals surface area (Å²) in [5.74, 6) is 0.0853. The number of rotatable bonds is 3. The fourth-order valence-corrected chi connectivity index (χ4v) is 2.60. The summed E-state index contributed by atoms with van der Waals surface area (Å²) in [6.07, 6.45) is 5.43. The highest BCUT2D eigenvalue weighted by molar-refractivity contribution is 5.92. The van der Waals surface area contributed by atoms with Crippen LogP contribution in [-0.2, 0) is 11.8 Å². The van der Waals surface area contributed by atoms with Crippen molar-refractivity contribution < 1.29 is 9.53 Å². The first-order chi connectivity index (χ1) is 11.5. The average Bonchev–Trinajstić information content (AvgIpc) is 3.01. The molecule has 0 saturated heterocycles. The maximum atomic E-state index is 11.7. The number of benzene rings is 1. The predicted molar refractivity (Wildman–Crippen MR) is 92.4 cm³/mol. The van der Waals surface area contributed by atoms with Crippen LogP contribution in [0.2, 0.25) is 0 Å². The van der Waals surface area contributed by atoms with E-state index in [1.165, 1.54) is 7.11 Å². The lowest BCUT2D eigenvalue weighted by atomic mass is 9.98. The van der Waals surface area contributed by atoms with Crippen molar-refractivity contribution >= 4 is 11.8 Å². The van der Waals surface area contributed by atoms with E-state index in [9.17, 15) is 4.79 Å². The van der Waals surface area contributed by atoms with Crippen LogP contribution in [0.15, 0.2) is 42.9 Å². The van der Waals surface area contributed by atoms with E-state index in [1.54, 1.807) is 23.1 Å². The minimum absolute atomic E-state index is 0.353. The summed E-state index contributed by atoms with van der Waals surface area (Å²) in [6, 6.07) is 7.48. The van der Waals surface area contributed by atoms with Crippen molar-refractivity contribution in [3.63, 3.8) is 0 Å². The van der Waals surface area contributed by atoms with Crippen LogP contribution < -0.4 is 5.73 Å². The highest BCUT2D eigenvalue weighted by Crippen LogP contribution is 2.30. The van der Waals surface area contributed by atoms with E-state index in [1.807, 2.05) is 38.4 Å². The number of nitrogens with two attached hydrogens (primary N) is 1. The van der Waals surface area contributed by atoms with Crippen LogP contribution >= 0.6 is 0 Å². The third kappa shape index (κ3) is 2.86. The minimum Gasteiger partial charge on any atom is -0.465 e. The van der Waals surface area contributed by atoms with Crippen LogP contribution in [0.5, 0.6) is 0 Å². The van der Waals surface area contributed by atoms with Gasteiger partial charge in [-0.05, 0) is 30.2 Å². The Morgan fingerprint density at radius 2 is 1.96 bits per heavy atom. The van der Waals surface area contributed by atoms with Gasteiger partial charge in [0.15, 0.2) is 0 Å². The van der Waals surface area contributed by atoms with Crippen LogP contribution in [0, 0.1) is 6.92 Å². The fourth-order valence-electron chi connectivity index (χ4n) is 2.60. The topological polar surface area (TPSA) is 83.0 Å². The zero-order valence-corrected chi connectivity index (χ0v) is 13.8. The second kappa shape index (κ2) is 6.16. The molecule has 6 nitrogen and oxygen atoms in total. The van der Waals surface area contributed by atoms with E-state index in [0.717, 1.165) is 27.8 Å². The number of ether oxygens (including phenoxy) is 1. The van der Waals surface area contributed by atoms with Gasteiger partial charge in [0.2, 0.25) is 0 Å². The van der Waals surface area contributed by atoms with Gasteiger partial charge in [0.1, 0.15) is 5.82 Å². The molecule has 2 aromatic heterocycles. The van der Waals surface area contributed by atoms with Gasteiger partial charge in [-0.1, -0.05) is 12.1 Å². The lowest BCUT2D eigenvalue weighted by Gasteiger charge is -2.10. The first-order valence-electron chi connectivity index (χ1n) is 7.43. The number of esters is 1. The van der Waals surface area contributed by atoms with E-state index < -0.39 is 0 Å². The SMILES string of the molecule is COC(=O)c1ccc(-c2cc(-c3cnn(C)c3)cnc2N)cc1C. The fraction of sp³-hybridized carbons (Fsp3) is 0.167. The second-order valence-electron chi connectivity index (χ2n) is 5.58. The van der Waals surface area contributed by atoms with E-state index in [4.69, 9.17) is 10.5 Å². The summed E-state index contributed by atoms with van der Waals surface area (Å²) in [7, 11) is 3.24. The molecule has 0 aliphatic carbocycles. The Morgan fingerprint density at radius 3 is 2.58 bits per heavy atom. The Hall–Kier alpha value is -3.15. The molecule has 0 spiro atoms. The van der Waals surface area contributed by atoms with Gasteiger partial charge >= 0.3 is 5.97 Å². The Balaban J connectivity index is 2.06. The summed E-state index contributed by atoms with van der Waals surface area (Å²) in [4.78, 5) is 16.0. The molecule has 2 heterocycles. The van der Waals surface area contributed by atoms with Crippen molar-refractivity contribution in [3.8, 4) is 22.3 Å². The predicted octanol–water partition coefficient (Wildman–Crippen LogP) is 2.83. The number of hydrogen-bond donors (Lipinski definition) is 1. The van der Waals surface area contributed by atoms with Crippen LogP contribution in [-0.4, -0.2) is 27.8 Å². The zero-order valence-electron chi connectivity index (χ0n) is 13.8. The summed E-state index contributed by atoms with van der Waals surface area (Å²) in [5, 5.41) is 4.18. The lowest BCUT2D eigenvalue weighted by Crippen LogP contribution is -2.04.